The van der Waals surface area contributed by atoms with Crippen molar-refractivity contribution >= 4 is 39.0 Å². The Morgan fingerprint density at radius 3 is 2.48 bits per heavy atom. The molecular weight excluding hydrogens is 406 g/mol. The third-order valence-electron chi connectivity index (χ3n) is 5.51. The summed E-state index contributed by atoms with van der Waals surface area (Å²) in [6.07, 6.45) is 1.79. The third-order valence-corrected chi connectivity index (χ3v) is 5.82. The molecule has 4 nitrogen and oxygen atoms in total. The molecule has 31 heavy (non-hydrogen) atoms. The van der Waals surface area contributed by atoms with Crippen LogP contribution >= 0.6 is 11.6 Å². The lowest BCUT2D eigenvalue weighted by Crippen LogP contribution is -2.25. The first-order chi connectivity index (χ1) is 15.1. The normalized spacial score (nSPS) is 12.2. The number of hydrogen-bond donors (Lipinski definition) is 1. The molecule has 2 aromatic heterocycles. The predicted octanol–water partition coefficient (Wildman–Crippen LogP) is 6.37. The number of pyridine rings is 2. The number of aromatic nitrogens is 2. The minimum atomic E-state index is -0.186. The molecule has 1 atom stereocenters. The number of rotatable bonds is 4. The Kier molecular flexibility index (Phi) is 4.92. The first-order valence-corrected chi connectivity index (χ1v) is 10.5. The fraction of sp³-hybridized carbons (Fsp3) is 0.0769. The fourth-order valence-corrected chi connectivity index (χ4v) is 4.28. The lowest BCUT2D eigenvalue weighted by molar-refractivity contribution is 0.775. The molecule has 0 aliphatic heterocycles. The van der Waals surface area contributed by atoms with E-state index in [-0.39, 0.29) is 11.6 Å². The van der Waals surface area contributed by atoms with Gasteiger partial charge in [0, 0.05) is 23.0 Å². The molecule has 5 aromatic rings. The van der Waals surface area contributed by atoms with Crippen LogP contribution in [0.15, 0.2) is 95.9 Å². The van der Waals surface area contributed by atoms with E-state index in [9.17, 15) is 4.79 Å². The van der Waals surface area contributed by atoms with E-state index in [1.54, 1.807) is 16.8 Å². The SMILES string of the molecule is C[C@H](Nc1nccc2ccccc12)c1cc2cccc(Cl)c2c(=O)n1-c1ccccc1. The molecule has 0 radical (unpaired) electrons. The maximum Gasteiger partial charge on any atom is 0.264 e. The molecular formula is C26H20ClN3O. The number of halogens is 1. The molecule has 3 aromatic carbocycles. The van der Waals surface area contributed by atoms with E-state index >= 15 is 0 Å². The summed E-state index contributed by atoms with van der Waals surface area (Å²) < 4.78 is 1.73. The molecule has 0 amide bonds. The second kappa shape index (κ2) is 7.89. The lowest BCUT2D eigenvalue weighted by Gasteiger charge is -2.22. The van der Waals surface area contributed by atoms with Crippen LogP contribution in [0.3, 0.4) is 0 Å². The van der Waals surface area contributed by atoms with Crippen LogP contribution in [0.4, 0.5) is 5.82 Å². The lowest BCUT2D eigenvalue weighted by atomic mass is 10.1. The molecule has 0 unspecified atom stereocenters. The zero-order chi connectivity index (χ0) is 21.4. The Morgan fingerprint density at radius 1 is 0.903 bits per heavy atom. The number of benzene rings is 3. The van der Waals surface area contributed by atoms with Gasteiger partial charge in [0.05, 0.1) is 16.5 Å². The molecule has 0 aliphatic rings. The molecule has 5 rings (SSSR count). The van der Waals surface area contributed by atoms with Gasteiger partial charge in [-0.25, -0.2) is 4.98 Å². The van der Waals surface area contributed by atoms with Gasteiger partial charge in [-0.2, -0.15) is 0 Å². The van der Waals surface area contributed by atoms with Gasteiger partial charge >= 0.3 is 0 Å². The number of fused-ring (bicyclic) bond motifs is 2. The molecule has 0 spiro atoms. The van der Waals surface area contributed by atoms with Crippen LogP contribution in [0.25, 0.3) is 27.2 Å². The van der Waals surface area contributed by atoms with Gasteiger partial charge in [0.1, 0.15) is 5.82 Å². The van der Waals surface area contributed by atoms with Crippen LogP contribution in [-0.4, -0.2) is 9.55 Å². The van der Waals surface area contributed by atoms with Crippen molar-refractivity contribution in [2.75, 3.05) is 5.32 Å². The average molecular weight is 426 g/mol. The quantitative estimate of drug-likeness (QED) is 0.364. The highest BCUT2D eigenvalue weighted by Gasteiger charge is 2.18. The van der Waals surface area contributed by atoms with Crippen molar-refractivity contribution in [2.45, 2.75) is 13.0 Å². The first-order valence-electron chi connectivity index (χ1n) is 10.1. The van der Waals surface area contributed by atoms with E-state index < -0.39 is 0 Å². The van der Waals surface area contributed by atoms with Crippen LogP contribution in [0, 0.1) is 0 Å². The largest absolute Gasteiger partial charge is 0.362 e. The van der Waals surface area contributed by atoms with Gasteiger partial charge in [0.25, 0.3) is 5.56 Å². The second-order valence-electron chi connectivity index (χ2n) is 7.50. The summed E-state index contributed by atoms with van der Waals surface area (Å²) in [7, 11) is 0. The van der Waals surface area contributed by atoms with E-state index in [4.69, 9.17) is 11.6 Å². The Hall–Kier alpha value is -3.63. The standard InChI is InChI=1S/C26H20ClN3O/c1-17(29-25-21-12-6-5-8-18(21)14-15-28-25)23-16-19-9-7-13-22(27)24(19)26(31)30(23)20-10-3-2-4-11-20/h2-17H,1H3,(H,28,29)/t17-/m0/s1. The molecule has 0 bridgehead atoms. The van der Waals surface area contributed by atoms with Crippen molar-refractivity contribution in [3.8, 4) is 5.69 Å². The number of para-hydroxylation sites is 1. The molecule has 152 valence electrons. The highest BCUT2D eigenvalue weighted by Crippen LogP contribution is 2.29. The van der Waals surface area contributed by atoms with Crippen molar-refractivity contribution in [1.82, 2.24) is 9.55 Å². The van der Waals surface area contributed by atoms with Crippen LogP contribution < -0.4 is 10.9 Å². The molecule has 0 fully saturated rings. The first kappa shape index (κ1) is 19.3. The van der Waals surface area contributed by atoms with Crippen molar-refractivity contribution in [3.05, 3.63) is 112 Å². The third kappa shape index (κ3) is 3.45. The Bertz CT molecular complexity index is 1460. The summed E-state index contributed by atoms with van der Waals surface area (Å²) in [5.41, 5.74) is 1.49. The molecule has 0 saturated heterocycles. The van der Waals surface area contributed by atoms with Crippen LogP contribution in [-0.2, 0) is 0 Å². The molecule has 0 saturated carbocycles. The minimum absolute atomic E-state index is 0.135. The minimum Gasteiger partial charge on any atom is -0.362 e. The van der Waals surface area contributed by atoms with Crippen molar-refractivity contribution in [1.29, 1.82) is 0 Å². The summed E-state index contributed by atoms with van der Waals surface area (Å²) >= 11 is 6.41. The second-order valence-corrected chi connectivity index (χ2v) is 7.90. The number of anilines is 1. The topological polar surface area (TPSA) is 46.9 Å². The molecule has 2 heterocycles. The maximum atomic E-state index is 13.6. The Balaban J connectivity index is 1.71. The van der Waals surface area contributed by atoms with E-state index in [1.165, 1.54) is 0 Å². The monoisotopic (exact) mass is 425 g/mol. The Labute approximate surface area is 184 Å². The van der Waals surface area contributed by atoms with Crippen LogP contribution in [0.1, 0.15) is 18.7 Å². The van der Waals surface area contributed by atoms with Gasteiger partial charge in [-0.3, -0.25) is 9.36 Å². The number of nitrogens with zero attached hydrogens (tertiary/aromatic N) is 2. The van der Waals surface area contributed by atoms with Crippen LogP contribution in [0.5, 0.6) is 0 Å². The van der Waals surface area contributed by atoms with Gasteiger partial charge in [0.15, 0.2) is 0 Å². The Morgan fingerprint density at radius 2 is 1.65 bits per heavy atom. The molecule has 5 heteroatoms. The van der Waals surface area contributed by atoms with E-state index in [2.05, 4.69) is 16.4 Å². The van der Waals surface area contributed by atoms with Crippen LogP contribution in [0.2, 0.25) is 5.02 Å². The smallest absolute Gasteiger partial charge is 0.264 e. The highest BCUT2D eigenvalue weighted by atomic mass is 35.5. The predicted molar refractivity (Wildman–Crippen MR) is 128 cm³/mol. The zero-order valence-electron chi connectivity index (χ0n) is 16.9. The summed E-state index contributed by atoms with van der Waals surface area (Å²) in [5.74, 6) is 0.781. The maximum absolute atomic E-state index is 13.6. The van der Waals surface area contributed by atoms with Crippen molar-refractivity contribution < 1.29 is 0 Å². The fourth-order valence-electron chi connectivity index (χ4n) is 4.02. The van der Waals surface area contributed by atoms with Gasteiger partial charge in [-0.1, -0.05) is 66.2 Å². The summed E-state index contributed by atoms with van der Waals surface area (Å²) in [5, 5.41) is 7.45. The average Bonchev–Trinajstić information content (AvgIpc) is 2.79. The van der Waals surface area contributed by atoms with Gasteiger partial charge in [-0.05, 0) is 48.0 Å². The summed E-state index contributed by atoms with van der Waals surface area (Å²) in [6.45, 7) is 2.04. The number of nitrogens with one attached hydrogen (secondary N) is 1. The van der Waals surface area contributed by atoms with Gasteiger partial charge in [-0.15, -0.1) is 0 Å². The van der Waals surface area contributed by atoms with Gasteiger partial charge in [0.2, 0.25) is 0 Å². The highest BCUT2D eigenvalue weighted by molar-refractivity contribution is 6.35. The summed E-state index contributed by atoms with van der Waals surface area (Å²) in [6, 6.07) is 27.1. The van der Waals surface area contributed by atoms with E-state index in [0.29, 0.717) is 10.4 Å². The van der Waals surface area contributed by atoms with Gasteiger partial charge < -0.3 is 5.32 Å². The number of hydrogen-bond acceptors (Lipinski definition) is 3. The molecule has 1 N–H and O–H groups in total. The van der Waals surface area contributed by atoms with E-state index in [0.717, 1.165) is 33.4 Å². The zero-order valence-corrected chi connectivity index (χ0v) is 17.7. The van der Waals surface area contributed by atoms with Crippen molar-refractivity contribution in [2.24, 2.45) is 0 Å². The van der Waals surface area contributed by atoms with Crippen molar-refractivity contribution in [3.63, 3.8) is 0 Å². The van der Waals surface area contributed by atoms with E-state index in [1.807, 2.05) is 79.7 Å². The summed E-state index contributed by atoms with van der Waals surface area (Å²) in [4.78, 5) is 18.1. The molecule has 0 aliphatic carbocycles.